The van der Waals surface area contributed by atoms with Crippen molar-refractivity contribution in [2.45, 2.75) is 6.54 Å². The molecule has 0 atom stereocenters. The largest absolute Gasteiger partial charge is 0.486 e. The van der Waals surface area contributed by atoms with E-state index in [1.54, 1.807) is 42.5 Å². The van der Waals surface area contributed by atoms with Crippen molar-refractivity contribution in [2.24, 2.45) is 0 Å². The predicted octanol–water partition coefficient (Wildman–Crippen LogP) is 2.69. The fourth-order valence-electron chi connectivity index (χ4n) is 2.83. The van der Waals surface area contributed by atoms with Gasteiger partial charge >= 0.3 is 6.03 Å². The Morgan fingerprint density at radius 1 is 1.08 bits per heavy atom. The molecule has 132 valence electrons. The van der Waals surface area contributed by atoms with Crippen molar-refractivity contribution in [3.8, 4) is 11.5 Å². The zero-order valence-electron chi connectivity index (χ0n) is 13.7. The number of hydrogen-bond acceptors (Lipinski definition) is 4. The average molecular weight is 354 g/mol. The molecule has 0 radical (unpaired) electrons. The number of imide groups is 1. The minimum atomic E-state index is -0.581. The number of rotatable bonds is 3. The molecule has 2 aliphatic rings. The molecule has 3 amide bonds. The molecule has 2 aromatic carbocycles. The van der Waals surface area contributed by atoms with Crippen LogP contribution in [0.1, 0.15) is 11.1 Å². The highest BCUT2D eigenvalue weighted by atomic mass is 19.1. The first-order valence-electron chi connectivity index (χ1n) is 8.09. The van der Waals surface area contributed by atoms with E-state index in [-0.39, 0.29) is 17.8 Å². The van der Waals surface area contributed by atoms with Gasteiger partial charge < -0.3 is 14.8 Å². The third kappa shape index (κ3) is 2.99. The second-order valence-corrected chi connectivity index (χ2v) is 5.87. The zero-order chi connectivity index (χ0) is 18.1. The van der Waals surface area contributed by atoms with Crippen LogP contribution < -0.4 is 14.8 Å². The Kier molecular flexibility index (Phi) is 4.04. The third-order valence-electron chi connectivity index (χ3n) is 4.13. The van der Waals surface area contributed by atoms with Crippen molar-refractivity contribution in [1.82, 2.24) is 10.2 Å². The second-order valence-electron chi connectivity index (χ2n) is 5.87. The Hall–Kier alpha value is -3.35. The fraction of sp³-hybridized carbons (Fsp3) is 0.158. The first-order chi connectivity index (χ1) is 12.6. The highest BCUT2D eigenvalue weighted by Crippen LogP contribution is 2.31. The molecule has 2 aromatic rings. The summed E-state index contributed by atoms with van der Waals surface area (Å²) in [7, 11) is 0. The Morgan fingerprint density at radius 3 is 2.65 bits per heavy atom. The number of nitrogens with zero attached hydrogens (tertiary/aromatic N) is 1. The van der Waals surface area contributed by atoms with Crippen LogP contribution in [-0.4, -0.2) is 30.1 Å². The quantitative estimate of drug-likeness (QED) is 0.680. The smallest absolute Gasteiger partial charge is 0.329 e. The third-order valence-corrected chi connectivity index (χ3v) is 4.13. The minimum absolute atomic E-state index is 0.128. The van der Waals surface area contributed by atoms with Gasteiger partial charge in [-0.2, -0.15) is 0 Å². The number of benzene rings is 2. The summed E-state index contributed by atoms with van der Waals surface area (Å²) in [5.41, 5.74) is 1.09. The Bertz CT molecular complexity index is 926. The molecule has 0 bridgehead atoms. The molecule has 0 saturated carbocycles. The molecular weight excluding hydrogens is 339 g/mol. The molecule has 7 heteroatoms. The summed E-state index contributed by atoms with van der Waals surface area (Å²) in [4.78, 5) is 25.6. The van der Waals surface area contributed by atoms with Gasteiger partial charge in [0.15, 0.2) is 11.5 Å². The maximum absolute atomic E-state index is 13.8. The van der Waals surface area contributed by atoms with Crippen molar-refractivity contribution in [3.63, 3.8) is 0 Å². The topological polar surface area (TPSA) is 67.9 Å². The Labute approximate surface area is 148 Å². The molecular formula is C19H15FN2O4. The number of carbonyl (C=O) groups excluding carboxylic acids is 2. The summed E-state index contributed by atoms with van der Waals surface area (Å²) in [5, 5.41) is 2.53. The van der Waals surface area contributed by atoms with Crippen LogP contribution in [0.25, 0.3) is 6.08 Å². The molecule has 2 heterocycles. The highest BCUT2D eigenvalue weighted by Gasteiger charge is 2.34. The van der Waals surface area contributed by atoms with Crippen LogP contribution in [0.5, 0.6) is 11.5 Å². The summed E-state index contributed by atoms with van der Waals surface area (Å²) < 4.78 is 24.8. The maximum Gasteiger partial charge on any atom is 0.329 e. The van der Waals surface area contributed by atoms with Gasteiger partial charge in [0, 0.05) is 5.56 Å². The Balaban J connectivity index is 1.57. The zero-order valence-corrected chi connectivity index (χ0v) is 13.7. The van der Waals surface area contributed by atoms with E-state index < -0.39 is 17.8 Å². The van der Waals surface area contributed by atoms with Gasteiger partial charge in [-0.05, 0) is 29.8 Å². The lowest BCUT2D eigenvalue weighted by Crippen LogP contribution is -2.30. The van der Waals surface area contributed by atoms with E-state index in [2.05, 4.69) is 5.32 Å². The van der Waals surface area contributed by atoms with E-state index in [9.17, 15) is 14.0 Å². The minimum Gasteiger partial charge on any atom is -0.486 e. The van der Waals surface area contributed by atoms with Gasteiger partial charge in [-0.25, -0.2) is 9.18 Å². The van der Waals surface area contributed by atoms with E-state index in [1.807, 2.05) is 0 Å². The number of amides is 3. The Morgan fingerprint density at radius 2 is 1.85 bits per heavy atom. The normalized spacial score (nSPS) is 17.6. The molecule has 1 fully saturated rings. The highest BCUT2D eigenvalue weighted by molar-refractivity contribution is 6.13. The number of hydrogen-bond donors (Lipinski definition) is 1. The van der Waals surface area contributed by atoms with E-state index in [0.29, 0.717) is 30.3 Å². The van der Waals surface area contributed by atoms with Crippen LogP contribution in [0, 0.1) is 5.82 Å². The van der Waals surface area contributed by atoms with E-state index in [1.165, 1.54) is 6.07 Å². The number of nitrogens with one attached hydrogen (secondary N) is 1. The number of ether oxygens (including phenoxy) is 2. The van der Waals surface area contributed by atoms with E-state index in [4.69, 9.17) is 9.47 Å². The van der Waals surface area contributed by atoms with Crippen molar-refractivity contribution in [2.75, 3.05) is 13.2 Å². The molecule has 0 unspecified atom stereocenters. The van der Waals surface area contributed by atoms with Gasteiger partial charge in [0.05, 0.1) is 6.54 Å². The van der Waals surface area contributed by atoms with Crippen molar-refractivity contribution in [3.05, 3.63) is 65.1 Å². The molecule has 0 aromatic heterocycles. The van der Waals surface area contributed by atoms with Crippen LogP contribution in [0.2, 0.25) is 0 Å². The SMILES string of the molecule is O=C1N/C(=C\c2ccc3c(c2)OCCO3)C(=O)N1Cc1ccccc1F. The standard InChI is InChI=1S/C19H15FN2O4/c20-14-4-2-1-3-13(14)11-22-18(23)15(21-19(22)24)9-12-5-6-16-17(10-12)26-8-7-25-16/h1-6,9-10H,7-8,11H2,(H,21,24)/b15-9-. The van der Waals surface area contributed by atoms with Crippen LogP contribution in [-0.2, 0) is 11.3 Å². The van der Waals surface area contributed by atoms with Gasteiger partial charge in [0.2, 0.25) is 0 Å². The molecule has 26 heavy (non-hydrogen) atoms. The molecule has 2 aliphatic heterocycles. The van der Waals surface area contributed by atoms with E-state index >= 15 is 0 Å². The molecule has 0 spiro atoms. The number of carbonyl (C=O) groups is 2. The average Bonchev–Trinajstić information content (AvgIpc) is 2.91. The van der Waals surface area contributed by atoms with Crippen molar-refractivity contribution in [1.29, 1.82) is 0 Å². The molecule has 6 nitrogen and oxygen atoms in total. The van der Waals surface area contributed by atoms with Crippen LogP contribution in [0.15, 0.2) is 48.2 Å². The second kappa shape index (κ2) is 6.51. The van der Waals surface area contributed by atoms with Crippen LogP contribution in [0.4, 0.5) is 9.18 Å². The maximum atomic E-state index is 13.8. The van der Waals surface area contributed by atoms with Crippen molar-refractivity contribution >= 4 is 18.0 Å². The van der Waals surface area contributed by atoms with Gasteiger partial charge in [-0.3, -0.25) is 9.69 Å². The number of fused-ring (bicyclic) bond motifs is 1. The summed E-state index contributed by atoms with van der Waals surface area (Å²) >= 11 is 0. The van der Waals surface area contributed by atoms with Crippen molar-refractivity contribution < 1.29 is 23.5 Å². The summed E-state index contributed by atoms with van der Waals surface area (Å²) in [6, 6.07) is 10.7. The van der Waals surface area contributed by atoms with Gasteiger partial charge in [-0.15, -0.1) is 0 Å². The lowest BCUT2D eigenvalue weighted by Gasteiger charge is -2.18. The number of halogens is 1. The first kappa shape index (κ1) is 16.1. The van der Waals surface area contributed by atoms with Crippen LogP contribution >= 0.6 is 0 Å². The fourth-order valence-corrected chi connectivity index (χ4v) is 2.83. The number of urea groups is 1. The van der Waals surface area contributed by atoms with Gasteiger partial charge in [-0.1, -0.05) is 24.3 Å². The van der Waals surface area contributed by atoms with Gasteiger partial charge in [0.1, 0.15) is 24.7 Å². The summed E-state index contributed by atoms with van der Waals surface area (Å²) in [6.45, 7) is 0.821. The molecule has 1 N–H and O–H groups in total. The molecule has 4 rings (SSSR count). The monoisotopic (exact) mass is 354 g/mol. The molecule has 1 saturated heterocycles. The van der Waals surface area contributed by atoms with Crippen LogP contribution in [0.3, 0.4) is 0 Å². The molecule has 0 aliphatic carbocycles. The lowest BCUT2D eigenvalue weighted by molar-refractivity contribution is -0.123. The summed E-state index contributed by atoms with van der Waals surface area (Å²) in [5.74, 6) is 0.262. The predicted molar refractivity (Wildman–Crippen MR) is 90.9 cm³/mol. The lowest BCUT2D eigenvalue weighted by atomic mass is 10.1. The summed E-state index contributed by atoms with van der Waals surface area (Å²) in [6.07, 6.45) is 1.56. The van der Waals surface area contributed by atoms with E-state index in [0.717, 1.165) is 4.90 Å². The first-order valence-corrected chi connectivity index (χ1v) is 8.09. The van der Waals surface area contributed by atoms with Gasteiger partial charge in [0.25, 0.3) is 5.91 Å².